The van der Waals surface area contributed by atoms with Crippen molar-refractivity contribution in [3.63, 3.8) is 0 Å². The molecule has 2 aliphatic heterocycles. The second-order valence-corrected chi connectivity index (χ2v) is 8.74. The Morgan fingerprint density at radius 3 is 2.38 bits per heavy atom. The number of likely N-dealkylation sites (tertiary alicyclic amines) is 1. The molecule has 0 amide bonds. The largest absolute Gasteiger partial charge is 0.379 e. The van der Waals surface area contributed by atoms with Crippen LogP contribution >= 0.6 is 0 Å². The van der Waals surface area contributed by atoms with E-state index < -0.39 is 0 Å². The summed E-state index contributed by atoms with van der Waals surface area (Å²) >= 11 is 0. The van der Waals surface area contributed by atoms with Gasteiger partial charge in [0.1, 0.15) is 0 Å². The molecule has 6 heteroatoms. The number of benzene rings is 1. The highest BCUT2D eigenvalue weighted by molar-refractivity contribution is 5.79. The van der Waals surface area contributed by atoms with Crippen molar-refractivity contribution in [2.24, 2.45) is 4.99 Å². The van der Waals surface area contributed by atoms with Crippen molar-refractivity contribution in [1.82, 2.24) is 20.4 Å². The molecular weight excluding hydrogens is 362 g/mol. The van der Waals surface area contributed by atoms with Crippen molar-refractivity contribution < 1.29 is 4.74 Å². The molecule has 0 radical (unpaired) electrons. The Morgan fingerprint density at radius 2 is 1.72 bits per heavy atom. The molecule has 6 nitrogen and oxygen atoms in total. The lowest BCUT2D eigenvalue weighted by atomic mass is 9.98. The molecule has 2 fully saturated rings. The van der Waals surface area contributed by atoms with E-state index in [2.05, 4.69) is 69.6 Å². The van der Waals surface area contributed by atoms with Gasteiger partial charge in [0, 0.05) is 38.8 Å². The summed E-state index contributed by atoms with van der Waals surface area (Å²) in [7, 11) is 1.86. The third-order valence-corrected chi connectivity index (χ3v) is 6.26. The Bertz CT molecular complexity index is 621. The second kappa shape index (κ2) is 11.0. The summed E-state index contributed by atoms with van der Waals surface area (Å²) in [5.41, 5.74) is 1.46. The first kappa shape index (κ1) is 22.1. The number of aliphatic imine (C=N–C) groups is 1. The molecule has 0 aliphatic carbocycles. The van der Waals surface area contributed by atoms with E-state index >= 15 is 0 Å². The van der Waals surface area contributed by atoms with Gasteiger partial charge in [0.15, 0.2) is 5.96 Å². The van der Waals surface area contributed by atoms with E-state index in [1.165, 1.54) is 37.9 Å². The summed E-state index contributed by atoms with van der Waals surface area (Å²) in [5, 5.41) is 7.15. The van der Waals surface area contributed by atoms with Crippen LogP contribution in [0, 0.1) is 0 Å². The maximum Gasteiger partial charge on any atom is 0.191 e. The molecule has 2 saturated heterocycles. The van der Waals surface area contributed by atoms with Crippen molar-refractivity contribution >= 4 is 5.96 Å². The van der Waals surface area contributed by atoms with Gasteiger partial charge in [-0.1, -0.05) is 36.8 Å². The van der Waals surface area contributed by atoms with E-state index in [9.17, 15) is 0 Å². The molecule has 29 heavy (non-hydrogen) atoms. The molecular formula is C23H39N5O. The summed E-state index contributed by atoms with van der Waals surface area (Å²) < 4.78 is 5.56. The molecule has 3 rings (SSSR count). The van der Waals surface area contributed by atoms with Crippen LogP contribution in [0.5, 0.6) is 0 Å². The highest BCUT2D eigenvalue weighted by Crippen LogP contribution is 2.21. The minimum atomic E-state index is 0.126. The van der Waals surface area contributed by atoms with Gasteiger partial charge in [0.2, 0.25) is 0 Å². The van der Waals surface area contributed by atoms with Crippen LogP contribution in [-0.2, 0) is 4.74 Å². The number of ether oxygens (including phenoxy) is 1. The first-order chi connectivity index (χ1) is 14.1. The molecule has 1 aromatic rings. The topological polar surface area (TPSA) is 52.1 Å². The lowest BCUT2D eigenvalue weighted by Crippen LogP contribution is -2.55. The van der Waals surface area contributed by atoms with Crippen molar-refractivity contribution in [2.45, 2.75) is 44.7 Å². The molecule has 2 aliphatic rings. The molecule has 1 unspecified atom stereocenters. The predicted octanol–water partition coefficient (Wildman–Crippen LogP) is 2.49. The minimum absolute atomic E-state index is 0.126. The van der Waals surface area contributed by atoms with Gasteiger partial charge in [-0.3, -0.25) is 14.8 Å². The maximum atomic E-state index is 5.56. The van der Waals surface area contributed by atoms with Crippen LogP contribution in [0.15, 0.2) is 35.3 Å². The van der Waals surface area contributed by atoms with Crippen molar-refractivity contribution in [3.05, 3.63) is 35.9 Å². The molecule has 2 heterocycles. The van der Waals surface area contributed by atoms with Crippen molar-refractivity contribution in [2.75, 3.05) is 59.5 Å². The maximum absolute atomic E-state index is 5.56. The van der Waals surface area contributed by atoms with Gasteiger partial charge in [-0.25, -0.2) is 0 Å². The Labute approximate surface area is 176 Å². The zero-order chi connectivity index (χ0) is 20.5. The predicted molar refractivity (Wildman–Crippen MR) is 120 cm³/mol. The van der Waals surface area contributed by atoms with Gasteiger partial charge in [-0.15, -0.1) is 0 Å². The monoisotopic (exact) mass is 401 g/mol. The summed E-state index contributed by atoms with van der Waals surface area (Å²) in [4.78, 5) is 9.60. The molecule has 1 atom stereocenters. The minimum Gasteiger partial charge on any atom is -0.379 e. The number of guanidine groups is 1. The third kappa shape index (κ3) is 6.43. The average Bonchev–Trinajstić information content (AvgIpc) is 2.78. The highest BCUT2D eigenvalue weighted by atomic mass is 16.5. The van der Waals surface area contributed by atoms with E-state index in [0.29, 0.717) is 6.04 Å². The van der Waals surface area contributed by atoms with Gasteiger partial charge in [0.05, 0.1) is 19.3 Å². The van der Waals surface area contributed by atoms with Crippen LogP contribution in [0.3, 0.4) is 0 Å². The van der Waals surface area contributed by atoms with Gasteiger partial charge in [-0.2, -0.15) is 0 Å². The number of nitrogens with zero attached hydrogens (tertiary/aromatic N) is 3. The van der Waals surface area contributed by atoms with E-state index in [-0.39, 0.29) is 5.54 Å². The first-order valence-corrected chi connectivity index (χ1v) is 11.2. The van der Waals surface area contributed by atoms with Gasteiger partial charge in [-0.05, 0) is 45.3 Å². The number of nitrogens with one attached hydrogen (secondary N) is 2. The number of rotatable bonds is 7. The van der Waals surface area contributed by atoms with E-state index in [1.807, 2.05) is 7.05 Å². The smallest absolute Gasteiger partial charge is 0.191 e. The average molecular weight is 402 g/mol. The molecule has 0 aromatic heterocycles. The summed E-state index contributed by atoms with van der Waals surface area (Å²) in [5.74, 6) is 0.879. The lowest BCUT2D eigenvalue weighted by Gasteiger charge is -2.41. The van der Waals surface area contributed by atoms with Crippen LogP contribution in [0.1, 0.15) is 44.7 Å². The van der Waals surface area contributed by atoms with Crippen LogP contribution in [-0.4, -0.2) is 80.8 Å². The molecule has 0 bridgehead atoms. The highest BCUT2D eigenvalue weighted by Gasteiger charge is 2.28. The Kier molecular flexibility index (Phi) is 8.33. The Morgan fingerprint density at radius 1 is 1.03 bits per heavy atom. The van der Waals surface area contributed by atoms with Crippen LogP contribution in [0.2, 0.25) is 0 Å². The van der Waals surface area contributed by atoms with Crippen LogP contribution in [0.25, 0.3) is 0 Å². The third-order valence-electron chi connectivity index (χ3n) is 6.26. The fourth-order valence-corrected chi connectivity index (χ4v) is 4.35. The van der Waals surface area contributed by atoms with Crippen LogP contribution in [0.4, 0.5) is 0 Å². The number of morpholine rings is 1. The summed E-state index contributed by atoms with van der Waals surface area (Å²) in [6.45, 7) is 12.3. The quantitative estimate of drug-likeness (QED) is 0.543. The molecule has 2 N–H and O–H groups in total. The fourth-order valence-electron chi connectivity index (χ4n) is 4.35. The van der Waals surface area contributed by atoms with Gasteiger partial charge in [0.25, 0.3) is 0 Å². The van der Waals surface area contributed by atoms with Crippen molar-refractivity contribution in [3.8, 4) is 0 Å². The molecule has 162 valence electrons. The van der Waals surface area contributed by atoms with Gasteiger partial charge >= 0.3 is 0 Å². The van der Waals surface area contributed by atoms with E-state index in [0.717, 1.165) is 45.4 Å². The summed E-state index contributed by atoms with van der Waals surface area (Å²) in [6.07, 6.45) is 4.00. The molecule has 0 saturated carbocycles. The number of piperidine rings is 1. The fraction of sp³-hybridized carbons (Fsp3) is 0.696. The van der Waals surface area contributed by atoms with E-state index in [1.54, 1.807) is 0 Å². The number of hydrogen-bond donors (Lipinski definition) is 2. The zero-order valence-electron chi connectivity index (χ0n) is 18.5. The summed E-state index contributed by atoms with van der Waals surface area (Å²) in [6, 6.07) is 11.1. The first-order valence-electron chi connectivity index (χ1n) is 11.2. The number of hydrogen-bond acceptors (Lipinski definition) is 4. The lowest BCUT2D eigenvalue weighted by molar-refractivity contribution is 0.0170. The second-order valence-electron chi connectivity index (χ2n) is 8.74. The van der Waals surface area contributed by atoms with Gasteiger partial charge < -0.3 is 15.4 Å². The molecule has 1 aromatic carbocycles. The normalized spacial score (nSPS) is 21.0. The SMILES string of the molecule is CN=C(NCC(c1ccccc1)N1CCOCC1)NCC(C)(C)N1CCCCC1. The van der Waals surface area contributed by atoms with Crippen LogP contribution < -0.4 is 10.6 Å². The van der Waals surface area contributed by atoms with E-state index in [4.69, 9.17) is 4.74 Å². The Hall–Kier alpha value is -1.63. The standard InChI is InChI=1S/C23H39N5O/c1-23(2,28-12-8-5-9-13-28)19-26-22(24-3)25-18-21(20-10-6-4-7-11-20)27-14-16-29-17-15-27/h4,6-7,10-11,21H,5,8-9,12-19H2,1-3H3,(H2,24,25,26). The Balaban J connectivity index is 1.56. The zero-order valence-corrected chi connectivity index (χ0v) is 18.5. The molecule has 0 spiro atoms. The van der Waals surface area contributed by atoms with Crippen molar-refractivity contribution in [1.29, 1.82) is 0 Å².